The predicted molar refractivity (Wildman–Crippen MR) is 94.4 cm³/mol. The van der Waals surface area contributed by atoms with Crippen molar-refractivity contribution in [2.24, 2.45) is 0 Å². The number of nitrogens with one attached hydrogen (secondary N) is 1. The van der Waals surface area contributed by atoms with Gasteiger partial charge in [0, 0.05) is 13.2 Å². The molecular formula is C17H21N3O3S. The average molecular weight is 347 g/mol. The van der Waals surface area contributed by atoms with Gasteiger partial charge in [-0.2, -0.15) is 0 Å². The van der Waals surface area contributed by atoms with Crippen LogP contribution in [0.2, 0.25) is 0 Å². The van der Waals surface area contributed by atoms with Gasteiger partial charge in [0.1, 0.15) is 0 Å². The number of rotatable bonds is 6. The lowest BCUT2D eigenvalue weighted by Gasteiger charge is -2.16. The van der Waals surface area contributed by atoms with E-state index < -0.39 is 0 Å². The molecule has 3 rings (SSSR count). The molecule has 1 aliphatic rings. The second kappa shape index (κ2) is 7.81. The fourth-order valence-corrected chi connectivity index (χ4v) is 3.63. The van der Waals surface area contributed by atoms with Gasteiger partial charge in [0.15, 0.2) is 5.16 Å². The smallest absolute Gasteiger partial charge is 0.262 e. The fraction of sp³-hybridized carbons (Fsp3) is 0.471. The van der Waals surface area contributed by atoms with Crippen molar-refractivity contribution in [1.82, 2.24) is 14.9 Å². The van der Waals surface area contributed by atoms with Crippen molar-refractivity contribution in [3.8, 4) is 0 Å². The summed E-state index contributed by atoms with van der Waals surface area (Å²) < 4.78 is 7.32. The van der Waals surface area contributed by atoms with Crippen LogP contribution in [-0.2, 0) is 16.1 Å². The fourth-order valence-electron chi connectivity index (χ4n) is 2.79. The topological polar surface area (TPSA) is 73.2 Å². The summed E-state index contributed by atoms with van der Waals surface area (Å²) in [6.45, 7) is 3.69. The molecule has 0 aliphatic carbocycles. The molecule has 1 atom stereocenters. The van der Waals surface area contributed by atoms with Gasteiger partial charge in [0.05, 0.1) is 29.3 Å². The van der Waals surface area contributed by atoms with Crippen molar-refractivity contribution < 1.29 is 9.53 Å². The Kier molecular flexibility index (Phi) is 5.52. The Hall–Kier alpha value is -1.86. The SMILES string of the molecule is CCNC(=O)CSc1nc2ccccc2c(=O)n1CC1CCCO1. The molecule has 0 spiro atoms. The molecule has 0 bridgehead atoms. The minimum atomic E-state index is -0.0745. The van der Waals surface area contributed by atoms with E-state index in [1.165, 1.54) is 11.8 Å². The molecule has 1 aromatic carbocycles. The van der Waals surface area contributed by atoms with E-state index in [9.17, 15) is 9.59 Å². The third-order valence-electron chi connectivity index (χ3n) is 3.94. The lowest BCUT2D eigenvalue weighted by Crippen LogP contribution is -2.30. The summed E-state index contributed by atoms with van der Waals surface area (Å²) >= 11 is 1.29. The van der Waals surface area contributed by atoms with E-state index in [4.69, 9.17) is 4.74 Å². The number of aromatic nitrogens is 2. The van der Waals surface area contributed by atoms with Gasteiger partial charge in [-0.05, 0) is 31.9 Å². The highest BCUT2D eigenvalue weighted by Gasteiger charge is 2.20. The first-order valence-electron chi connectivity index (χ1n) is 8.19. The van der Waals surface area contributed by atoms with Crippen LogP contribution in [0.4, 0.5) is 0 Å². The molecule has 1 saturated heterocycles. The van der Waals surface area contributed by atoms with Crippen LogP contribution in [0, 0.1) is 0 Å². The van der Waals surface area contributed by atoms with Crippen molar-refractivity contribution in [1.29, 1.82) is 0 Å². The van der Waals surface area contributed by atoms with Crippen LogP contribution in [0.3, 0.4) is 0 Å². The van der Waals surface area contributed by atoms with Crippen LogP contribution in [0.5, 0.6) is 0 Å². The molecule has 0 saturated carbocycles. The maximum atomic E-state index is 12.9. The first-order chi connectivity index (χ1) is 11.7. The molecule has 1 N–H and O–H groups in total. The van der Waals surface area contributed by atoms with Crippen LogP contribution in [0.15, 0.2) is 34.2 Å². The molecule has 6 nitrogen and oxygen atoms in total. The average Bonchev–Trinajstić information content (AvgIpc) is 3.09. The normalized spacial score (nSPS) is 17.3. The van der Waals surface area contributed by atoms with Crippen LogP contribution < -0.4 is 10.9 Å². The first-order valence-corrected chi connectivity index (χ1v) is 9.18. The molecule has 1 aromatic heterocycles. The number of benzene rings is 1. The number of hydrogen-bond donors (Lipinski definition) is 1. The molecule has 0 radical (unpaired) electrons. The molecule has 1 unspecified atom stereocenters. The Morgan fingerprint density at radius 3 is 3.04 bits per heavy atom. The Balaban J connectivity index is 1.94. The Morgan fingerprint density at radius 2 is 2.29 bits per heavy atom. The Bertz CT molecular complexity index is 784. The van der Waals surface area contributed by atoms with Gasteiger partial charge in [-0.25, -0.2) is 4.98 Å². The summed E-state index contributed by atoms with van der Waals surface area (Å²) in [6.07, 6.45) is 2.00. The number of amides is 1. The lowest BCUT2D eigenvalue weighted by molar-refractivity contribution is -0.118. The summed E-state index contributed by atoms with van der Waals surface area (Å²) in [4.78, 5) is 29.2. The highest BCUT2D eigenvalue weighted by molar-refractivity contribution is 7.99. The monoisotopic (exact) mass is 347 g/mol. The van der Waals surface area contributed by atoms with E-state index in [1.54, 1.807) is 10.6 Å². The molecule has 128 valence electrons. The minimum absolute atomic E-state index is 0.0366. The summed E-state index contributed by atoms with van der Waals surface area (Å²) in [5.41, 5.74) is 0.582. The largest absolute Gasteiger partial charge is 0.376 e. The predicted octanol–water partition coefficient (Wildman–Crippen LogP) is 1.80. The van der Waals surface area contributed by atoms with E-state index >= 15 is 0 Å². The maximum Gasteiger partial charge on any atom is 0.262 e. The standard InChI is InChI=1S/C17H21N3O3S/c1-2-18-15(21)11-24-17-19-14-8-4-3-7-13(14)16(22)20(17)10-12-6-5-9-23-12/h3-4,7-8,12H,2,5-6,9-11H2,1H3,(H,18,21). The van der Waals surface area contributed by atoms with Crippen molar-refractivity contribution in [2.75, 3.05) is 18.9 Å². The van der Waals surface area contributed by atoms with Crippen molar-refractivity contribution in [3.05, 3.63) is 34.6 Å². The second-order valence-electron chi connectivity index (χ2n) is 5.70. The second-order valence-corrected chi connectivity index (χ2v) is 6.65. The molecular weight excluding hydrogens is 326 g/mol. The zero-order chi connectivity index (χ0) is 16.9. The molecule has 1 amide bonds. The van der Waals surface area contributed by atoms with Crippen LogP contribution in [-0.4, -0.2) is 40.5 Å². The van der Waals surface area contributed by atoms with Crippen LogP contribution >= 0.6 is 11.8 Å². The first kappa shape index (κ1) is 17.0. The number of para-hydroxylation sites is 1. The zero-order valence-electron chi connectivity index (χ0n) is 13.7. The summed E-state index contributed by atoms with van der Waals surface area (Å²) in [5, 5.41) is 3.93. The third kappa shape index (κ3) is 3.79. The van der Waals surface area contributed by atoms with E-state index in [2.05, 4.69) is 10.3 Å². The van der Waals surface area contributed by atoms with E-state index in [0.29, 0.717) is 29.1 Å². The lowest BCUT2D eigenvalue weighted by atomic mass is 10.2. The third-order valence-corrected chi connectivity index (χ3v) is 4.92. The number of hydrogen-bond acceptors (Lipinski definition) is 5. The summed E-state index contributed by atoms with van der Waals surface area (Å²) in [6, 6.07) is 7.30. The maximum absolute atomic E-state index is 12.9. The molecule has 7 heteroatoms. The van der Waals surface area contributed by atoms with Crippen LogP contribution in [0.25, 0.3) is 10.9 Å². The van der Waals surface area contributed by atoms with E-state index in [0.717, 1.165) is 19.4 Å². The number of carbonyl (C=O) groups is 1. The summed E-state index contributed by atoms with van der Waals surface area (Å²) in [5.74, 6) is 0.179. The number of thioether (sulfide) groups is 1. The number of ether oxygens (including phenoxy) is 1. The quantitative estimate of drug-likeness (QED) is 0.637. The van der Waals surface area contributed by atoms with Gasteiger partial charge in [-0.15, -0.1) is 0 Å². The highest BCUT2D eigenvalue weighted by Crippen LogP contribution is 2.20. The molecule has 2 heterocycles. The molecule has 2 aromatic rings. The van der Waals surface area contributed by atoms with Crippen molar-refractivity contribution in [3.63, 3.8) is 0 Å². The van der Waals surface area contributed by atoms with E-state index in [1.807, 2.05) is 25.1 Å². The molecule has 1 aliphatic heterocycles. The van der Waals surface area contributed by atoms with Gasteiger partial charge < -0.3 is 10.1 Å². The Labute approximate surface area is 144 Å². The van der Waals surface area contributed by atoms with Crippen LogP contribution in [0.1, 0.15) is 19.8 Å². The minimum Gasteiger partial charge on any atom is -0.376 e. The van der Waals surface area contributed by atoms with Gasteiger partial charge in [-0.1, -0.05) is 23.9 Å². The van der Waals surface area contributed by atoms with Gasteiger partial charge in [-0.3, -0.25) is 14.2 Å². The van der Waals surface area contributed by atoms with Gasteiger partial charge >= 0.3 is 0 Å². The Morgan fingerprint density at radius 1 is 1.46 bits per heavy atom. The number of fused-ring (bicyclic) bond motifs is 1. The van der Waals surface area contributed by atoms with Crippen molar-refractivity contribution in [2.45, 2.75) is 37.6 Å². The van der Waals surface area contributed by atoms with Gasteiger partial charge in [0.25, 0.3) is 5.56 Å². The van der Waals surface area contributed by atoms with Crippen molar-refractivity contribution >= 4 is 28.6 Å². The molecule has 24 heavy (non-hydrogen) atoms. The van der Waals surface area contributed by atoms with E-state index in [-0.39, 0.29) is 23.3 Å². The summed E-state index contributed by atoms with van der Waals surface area (Å²) in [7, 11) is 0. The van der Waals surface area contributed by atoms with Gasteiger partial charge in [0.2, 0.25) is 5.91 Å². The number of carbonyl (C=O) groups excluding carboxylic acids is 1. The molecule has 1 fully saturated rings. The zero-order valence-corrected chi connectivity index (χ0v) is 14.5. The number of nitrogens with zero attached hydrogens (tertiary/aromatic N) is 2. The highest BCUT2D eigenvalue weighted by atomic mass is 32.2.